The van der Waals surface area contributed by atoms with Gasteiger partial charge in [-0.25, -0.2) is 21.6 Å². The van der Waals surface area contributed by atoms with Gasteiger partial charge >= 0.3 is 5.97 Å². The molecule has 3 rings (SSSR count). The molecule has 2 aromatic rings. The van der Waals surface area contributed by atoms with E-state index >= 15 is 0 Å². The number of aryl methyl sites for hydroxylation is 1. The number of carbonyl (C=O) groups is 1. The highest BCUT2D eigenvalue weighted by Gasteiger charge is 2.28. The minimum Gasteiger partial charge on any atom is -0.478 e. The fourth-order valence-corrected chi connectivity index (χ4v) is 5.71. The molecule has 0 amide bonds. The molecule has 1 fully saturated rings. The molecule has 1 aliphatic heterocycles. The molecule has 2 aromatic carbocycles. The van der Waals surface area contributed by atoms with Crippen molar-refractivity contribution < 1.29 is 26.7 Å². The first-order chi connectivity index (χ1) is 13.1. The first-order valence-corrected chi connectivity index (χ1v) is 11.5. The average Bonchev–Trinajstić information content (AvgIpc) is 3.19. The van der Waals surface area contributed by atoms with Crippen LogP contribution in [0.5, 0.6) is 0 Å². The van der Waals surface area contributed by atoms with Crippen LogP contribution in [0.3, 0.4) is 0 Å². The predicted octanol–water partition coefficient (Wildman–Crippen LogP) is 2.28. The normalized spacial score (nSPS) is 15.5. The van der Waals surface area contributed by atoms with Gasteiger partial charge in [-0.05, 0) is 55.7 Å². The summed E-state index contributed by atoms with van der Waals surface area (Å²) in [6.07, 6.45) is 1.61. The maximum absolute atomic E-state index is 12.7. The highest BCUT2D eigenvalue weighted by Crippen LogP contribution is 2.26. The largest absolute Gasteiger partial charge is 0.478 e. The minimum atomic E-state index is -4.09. The van der Waals surface area contributed by atoms with Crippen molar-refractivity contribution in [1.82, 2.24) is 4.31 Å². The lowest BCUT2D eigenvalue weighted by Crippen LogP contribution is -2.27. The van der Waals surface area contributed by atoms with Gasteiger partial charge in [0.05, 0.1) is 21.0 Å². The fraction of sp³-hybridized carbons (Fsp3) is 0.278. The molecular weight excluding hydrogens is 404 g/mol. The zero-order chi connectivity index (χ0) is 20.5. The summed E-state index contributed by atoms with van der Waals surface area (Å²) in [5, 5.41) is 9.28. The number of hydrogen-bond donors (Lipinski definition) is 2. The van der Waals surface area contributed by atoms with Gasteiger partial charge in [0.2, 0.25) is 10.0 Å². The molecule has 0 spiro atoms. The number of nitrogens with one attached hydrogen (secondary N) is 1. The fourth-order valence-electron chi connectivity index (χ4n) is 3.04. The van der Waals surface area contributed by atoms with Crippen LogP contribution in [-0.2, 0) is 20.0 Å². The Labute approximate surface area is 163 Å². The Morgan fingerprint density at radius 2 is 1.54 bits per heavy atom. The zero-order valence-electron chi connectivity index (χ0n) is 15.1. The molecule has 1 heterocycles. The molecule has 0 atom stereocenters. The molecule has 8 nitrogen and oxygen atoms in total. The van der Waals surface area contributed by atoms with Gasteiger partial charge < -0.3 is 5.11 Å². The number of para-hydroxylation sites is 1. The van der Waals surface area contributed by atoms with Crippen LogP contribution in [0.15, 0.2) is 52.3 Å². The highest BCUT2D eigenvalue weighted by atomic mass is 32.2. The van der Waals surface area contributed by atoms with Gasteiger partial charge in [-0.15, -0.1) is 0 Å². The average molecular weight is 425 g/mol. The van der Waals surface area contributed by atoms with Crippen LogP contribution in [-0.4, -0.2) is 45.3 Å². The molecule has 28 heavy (non-hydrogen) atoms. The van der Waals surface area contributed by atoms with E-state index < -0.39 is 26.0 Å². The van der Waals surface area contributed by atoms with Crippen LogP contribution in [0.1, 0.15) is 28.8 Å². The van der Waals surface area contributed by atoms with Crippen molar-refractivity contribution in [3.05, 3.63) is 53.6 Å². The molecule has 0 aliphatic carbocycles. The van der Waals surface area contributed by atoms with Crippen LogP contribution in [0.25, 0.3) is 0 Å². The Morgan fingerprint density at radius 3 is 2.11 bits per heavy atom. The number of rotatable bonds is 6. The second kappa shape index (κ2) is 7.53. The number of aromatic carboxylic acids is 1. The van der Waals surface area contributed by atoms with Crippen LogP contribution in [0.2, 0.25) is 0 Å². The quantitative estimate of drug-likeness (QED) is 0.734. The molecule has 1 aliphatic rings. The first-order valence-electron chi connectivity index (χ1n) is 8.59. The van der Waals surface area contributed by atoms with Gasteiger partial charge in [0.15, 0.2) is 0 Å². The number of sulfonamides is 2. The second-order valence-electron chi connectivity index (χ2n) is 6.49. The lowest BCUT2D eigenvalue weighted by Gasteiger charge is -2.16. The van der Waals surface area contributed by atoms with E-state index in [9.17, 15) is 26.7 Å². The third-order valence-electron chi connectivity index (χ3n) is 4.58. The first kappa shape index (κ1) is 20.3. The summed E-state index contributed by atoms with van der Waals surface area (Å²) in [5.41, 5.74) is 0.261. The Bertz CT molecular complexity index is 1100. The number of hydrogen-bond acceptors (Lipinski definition) is 5. The summed E-state index contributed by atoms with van der Waals surface area (Å²) in [4.78, 5) is 11.2. The van der Waals surface area contributed by atoms with E-state index in [2.05, 4.69) is 4.72 Å². The molecule has 2 N–H and O–H groups in total. The number of carboxylic acids is 1. The standard InChI is InChI=1S/C18H20N2O6S2/c1-13-5-4-6-16(18(21)22)17(13)19-27(23,24)14-7-9-15(10-8-14)28(25,26)20-11-2-3-12-20/h4-10,19H,2-3,11-12H2,1H3,(H,21,22). The van der Waals surface area contributed by atoms with E-state index in [1.54, 1.807) is 13.0 Å². The van der Waals surface area contributed by atoms with E-state index in [1.165, 1.54) is 40.7 Å². The monoisotopic (exact) mass is 424 g/mol. The van der Waals surface area contributed by atoms with Crippen LogP contribution < -0.4 is 4.72 Å². The predicted molar refractivity (Wildman–Crippen MR) is 103 cm³/mol. The SMILES string of the molecule is Cc1cccc(C(=O)O)c1NS(=O)(=O)c1ccc(S(=O)(=O)N2CCCC2)cc1. The maximum Gasteiger partial charge on any atom is 0.337 e. The van der Waals surface area contributed by atoms with E-state index in [-0.39, 0.29) is 21.0 Å². The van der Waals surface area contributed by atoms with Crippen molar-refractivity contribution in [1.29, 1.82) is 0 Å². The Kier molecular flexibility index (Phi) is 5.46. The molecule has 150 valence electrons. The topological polar surface area (TPSA) is 121 Å². The van der Waals surface area contributed by atoms with Crippen molar-refractivity contribution >= 4 is 31.7 Å². The Morgan fingerprint density at radius 1 is 0.964 bits per heavy atom. The van der Waals surface area contributed by atoms with Crippen LogP contribution >= 0.6 is 0 Å². The molecular formula is C18H20N2O6S2. The van der Waals surface area contributed by atoms with Crippen molar-refractivity contribution in [3.8, 4) is 0 Å². The molecule has 0 aromatic heterocycles. The van der Waals surface area contributed by atoms with Gasteiger partial charge in [0.1, 0.15) is 0 Å². The van der Waals surface area contributed by atoms with Crippen LogP contribution in [0.4, 0.5) is 5.69 Å². The Balaban J connectivity index is 1.91. The van der Waals surface area contributed by atoms with Crippen molar-refractivity contribution in [2.45, 2.75) is 29.6 Å². The summed E-state index contributed by atoms with van der Waals surface area (Å²) >= 11 is 0. The van der Waals surface area contributed by atoms with Gasteiger partial charge in [-0.2, -0.15) is 4.31 Å². The lowest BCUT2D eigenvalue weighted by atomic mass is 10.1. The summed E-state index contributed by atoms with van der Waals surface area (Å²) < 4.78 is 54.1. The molecule has 0 unspecified atom stereocenters. The third-order valence-corrected chi connectivity index (χ3v) is 7.85. The van der Waals surface area contributed by atoms with Crippen molar-refractivity contribution in [2.24, 2.45) is 0 Å². The maximum atomic E-state index is 12.7. The van der Waals surface area contributed by atoms with Gasteiger partial charge in [0, 0.05) is 13.1 Å². The van der Waals surface area contributed by atoms with Gasteiger partial charge in [-0.3, -0.25) is 4.72 Å². The van der Waals surface area contributed by atoms with E-state index in [1.807, 2.05) is 0 Å². The summed E-state index contributed by atoms with van der Waals surface area (Å²) in [6, 6.07) is 9.31. The molecule has 1 saturated heterocycles. The van der Waals surface area contributed by atoms with E-state index in [4.69, 9.17) is 0 Å². The number of carboxylic acid groups (broad SMARTS) is 1. The van der Waals surface area contributed by atoms with Crippen molar-refractivity contribution in [3.63, 3.8) is 0 Å². The second-order valence-corrected chi connectivity index (χ2v) is 10.1. The smallest absolute Gasteiger partial charge is 0.337 e. The lowest BCUT2D eigenvalue weighted by molar-refractivity contribution is 0.0698. The Hall–Kier alpha value is -2.43. The number of benzene rings is 2. The van der Waals surface area contributed by atoms with Crippen molar-refractivity contribution in [2.75, 3.05) is 17.8 Å². The highest BCUT2D eigenvalue weighted by molar-refractivity contribution is 7.92. The third kappa shape index (κ3) is 3.89. The molecule has 0 radical (unpaired) electrons. The summed E-state index contributed by atoms with van der Waals surface area (Å²) in [5.74, 6) is -1.26. The number of anilines is 1. The summed E-state index contributed by atoms with van der Waals surface area (Å²) in [7, 11) is -7.74. The zero-order valence-corrected chi connectivity index (χ0v) is 16.8. The van der Waals surface area contributed by atoms with Gasteiger partial charge in [-0.1, -0.05) is 12.1 Å². The van der Waals surface area contributed by atoms with E-state index in [0.29, 0.717) is 18.7 Å². The minimum absolute atomic E-state index is 0.0236. The molecule has 0 saturated carbocycles. The molecule has 10 heteroatoms. The van der Waals surface area contributed by atoms with Gasteiger partial charge in [0.25, 0.3) is 10.0 Å². The van der Waals surface area contributed by atoms with E-state index in [0.717, 1.165) is 12.8 Å². The molecule has 0 bridgehead atoms. The summed E-state index contributed by atoms with van der Waals surface area (Å²) in [6.45, 7) is 2.50. The number of nitrogens with zero attached hydrogens (tertiary/aromatic N) is 1. The van der Waals surface area contributed by atoms with Crippen LogP contribution in [0, 0.1) is 6.92 Å².